The van der Waals surface area contributed by atoms with E-state index in [2.05, 4.69) is 17.6 Å². The normalized spacial score (nSPS) is 18.3. The van der Waals surface area contributed by atoms with Gasteiger partial charge in [0.15, 0.2) is 0 Å². The van der Waals surface area contributed by atoms with Gasteiger partial charge in [-0.05, 0) is 56.6 Å². The standard InChI is InChI=1S/C14H19FN2O/c1-2-14(7-9-16-10-8-14)13(18)17-12-5-3-11(15)4-6-12/h3-6,16H,2,7-10H2,1H3,(H,17,18). The second kappa shape index (κ2) is 5.48. The van der Waals surface area contributed by atoms with Crippen LogP contribution in [0, 0.1) is 11.2 Å². The minimum atomic E-state index is -0.292. The van der Waals surface area contributed by atoms with Gasteiger partial charge in [0.05, 0.1) is 5.41 Å². The van der Waals surface area contributed by atoms with Gasteiger partial charge >= 0.3 is 0 Å². The number of anilines is 1. The van der Waals surface area contributed by atoms with Crippen molar-refractivity contribution in [3.8, 4) is 0 Å². The molecule has 1 aliphatic heterocycles. The molecule has 0 aromatic heterocycles. The third-order valence-electron chi connectivity index (χ3n) is 3.82. The molecule has 0 atom stereocenters. The molecule has 1 heterocycles. The summed E-state index contributed by atoms with van der Waals surface area (Å²) < 4.78 is 12.8. The van der Waals surface area contributed by atoms with Crippen LogP contribution in [0.2, 0.25) is 0 Å². The van der Waals surface area contributed by atoms with E-state index in [1.807, 2.05) is 0 Å². The Bertz CT molecular complexity index is 410. The van der Waals surface area contributed by atoms with E-state index in [1.54, 1.807) is 12.1 Å². The molecule has 0 spiro atoms. The van der Waals surface area contributed by atoms with E-state index in [9.17, 15) is 9.18 Å². The summed E-state index contributed by atoms with van der Waals surface area (Å²) in [4.78, 5) is 12.4. The van der Waals surface area contributed by atoms with Crippen molar-refractivity contribution in [3.63, 3.8) is 0 Å². The molecular formula is C14H19FN2O. The van der Waals surface area contributed by atoms with Gasteiger partial charge in [-0.2, -0.15) is 0 Å². The van der Waals surface area contributed by atoms with Gasteiger partial charge in [-0.15, -0.1) is 0 Å². The maximum atomic E-state index is 12.8. The van der Waals surface area contributed by atoms with Crippen LogP contribution in [0.4, 0.5) is 10.1 Å². The highest BCUT2D eigenvalue weighted by Gasteiger charge is 2.37. The molecule has 2 N–H and O–H groups in total. The number of hydrogen-bond donors (Lipinski definition) is 2. The highest BCUT2D eigenvalue weighted by molar-refractivity contribution is 5.95. The number of benzene rings is 1. The first-order valence-corrected chi connectivity index (χ1v) is 6.44. The van der Waals surface area contributed by atoms with E-state index in [0.29, 0.717) is 5.69 Å². The first-order chi connectivity index (χ1) is 8.66. The SMILES string of the molecule is CCC1(C(=O)Nc2ccc(F)cc2)CCNCC1. The minimum absolute atomic E-state index is 0.0538. The minimum Gasteiger partial charge on any atom is -0.326 e. The smallest absolute Gasteiger partial charge is 0.230 e. The largest absolute Gasteiger partial charge is 0.326 e. The maximum absolute atomic E-state index is 12.8. The van der Waals surface area contributed by atoms with E-state index in [1.165, 1.54) is 12.1 Å². The summed E-state index contributed by atoms with van der Waals surface area (Å²) in [7, 11) is 0. The lowest BCUT2D eigenvalue weighted by atomic mass is 9.76. The third kappa shape index (κ3) is 2.70. The number of nitrogens with one attached hydrogen (secondary N) is 2. The van der Waals surface area contributed by atoms with Crippen LogP contribution in [0.1, 0.15) is 26.2 Å². The zero-order valence-electron chi connectivity index (χ0n) is 10.6. The summed E-state index contributed by atoms with van der Waals surface area (Å²) in [5.74, 6) is -0.238. The first-order valence-electron chi connectivity index (χ1n) is 6.44. The van der Waals surface area contributed by atoms with Crippen molar-refractivity contribution < 1.29 is 9.18 Å². The lowest BCUT2D eigenvalue weighted by molar-refractivity contribution is -0.127. The highest BCUT2D eigenvalue weighted by Crippen LogP contribution is 2.33. The summed E-state index contributed by atoms with van der Waals surface area (Å²) in [6.45, 7) is 3.81. The molecule has 0 saturated carbocycles. The Balaban J connectivity index is 2.07. The fourth-order valence-electron chi connectivity index (χ4n) is 2.44. The number of halogens is 1. The zero-order valence-corrected chi connectivity index (χ0v) is 10.6. The van der Waals surface area contributed by atoms with E-state index >= 15 is 0 Å². The lowest BCUT2D eigenvalue weighted by Crippen LogP contribution is -2.44. The molecule has 1 fully saturated rings. The summed E-state index contributed by atoms with van der Waals surface area (Å²) in [5.41, 5.74) is 0.382. The Hall–Kier alpha value is -1.42. The Labute approximate surface area is 107 Å². The van der Waals surface area contributed by atoms with Gasteiger partial charge < -0.3 is 10.6 Å². The van der Waals surface area contributed by atoms with Gasteiger partial charge in [-0.1, -0.05) is 6.92 Å². The molecule has 0 bridgehead atoms. The van der Waals surface area contributed by atoms with Crippen LogP contribution >= 0.6 is 0 Å². The van der Waals surface area contributed by atoms with Crippen LogP contribution in [0.25, 0.3) is 0 Å². The van der Waals surface area contributed by atoms with E-state index in [-0.39, 0.29) is 17.1 Å². The number of carbonyl (C=O) groups excluding carboxylic acids is 1. The van der Waals surface area contributed by atoms with Crippen molar-refractivity contribution in [2.75, 3.05) is 18.4 Å². The predicted octanol–water partition coefficient (Wildman–Crippen LogP) is 2.54. The molecule has 1 aliphatic rings. The average Bonchev–Trinajstić information content (AvgIpc) is 2.42. The zero-order chi connectivity index (χ0) is 13.0. The molecule has 0 unspecified atom stereocenters. The summed E-state index contributed by atoms with van der Waals surface area (Å²) >= 11 is 0. The van der Waals surface area contributed by atoms with Crippen LogP contribution in [0.5, 0.6) is 0 Å². The second-order valence-electron chi connectivity index (χ2n) is 4.84. The molecule has 1 saturated heterocycles. The van der Waals surface area contributed by atoms with Crippen LogP contribution < -0.4 is 10.6 Å². The monoisotopic (exact) mass is 250 g/mol. The summed E-state index contributed by atoms with van der Waals surface area (Å²) in [5, 5.41) is 6.17. The quantitative estimate of drug-likeness (QED) is 0.865. The Morgan fingerprint density at radius 2 is 1.94 bits per heavy atom. The van der Waals surface area contributed by atoms with Crippen LogP contribution in [-0.4, -0.2) is 19.0 Å². The van der Waals surface area contributed by atoms with Crippen molar-refractivity contribution in [1.29, 1.82) is 0 Å². The van der Waals surface area contributed by atoms with Crippen molar-refractivity contribution in [1.82, 2.24) is 5.32 Å². The fourth-order valence-corrected chi connectivity index (χ4v) is 2.44. The third-order valence-corrected chi connectivity index (χ3v) is 3.82. The Morgan fingerprint density at radius 3 is 2.50 bits per heavy atom. The summed E-state index contributed by atoms with van der Waals surface area (Å²) in [6.07, 6.45) is 2.55. The Morgan fingerprint density at radius 1 is 1.33 bits per heavy atom. The van der Waals surface area contributed by atoms with Crippen molar-refractivity contribution in [2.45, 2.75) is 26.2 Å². The molecule has 0 radical (unpaired) electrons. The van der Waals surface area contributed by atoms with Crippen molar-refractivity contribution in [2.24, 2.45) is 5.41 Å². The van der Waals surface area contributed by atoms with Crippen LogP contribution in [0.15, 0.2) is 24.3 Å². The van der Waals surface area contributed by atoms with Crippen molar-refractivity contribution >= 4 is 11.6 Å². The molecule has 1 amide bonds. The van der Waals surface area contributed by atoms with E-state index in [4.69, 9.17) is 0 Å². The molecule has 98 valence electrons. The van der Waals surface area contributed by atoms with Gasteiger partial charge in [0.25, 0.3) is 0 Å². The number of carbonyl (C=O) groups is 1. The number of hydrogen-bond acceptors (Lipinski definition) is 2. The van der Waals surface area contributed by atoms with Crippen LogP contribution in [0.3, 0.4) is 0 Å². The number of piperidine rings is 1. The molecule has 1 aromatic carbocycles. The summed E-state index contributed by atoms with van der Waals surface area (Å²) in [6, 6.07) is 5.91. The highest BCUT2D eigenvalue weighted by atomic mass is 19.1. The maximum Gasteiger partial charge on any atom is 0.230 e. The molecule has 3 nitrogen and oxygen atoms in total. The fraction of sp³-hybridized carbons (Fsp3) is 0.500. The molecule has 4 heteroatoms. The molecule has 1 aromatic rings. The van der Waals surface area contributed by atoms with Gasteiger partial charge in [-0.25, -0.2) is 4.39 Å². The average molecular weight is 250 g/mol. The molecular weight excluding hydrogens is 231 g/mol. The van der Waals surface area contributed by atoms with Gasteiger partial charge in [0.2, 0.25) is 5.91 Å². The molecule has 0 aliphatic carbocycles. The van der Waals surface area contributed by atoms with Gasteiger partial charge in [-0.3, -0.25) is 4.79 Å². The number of rotatable bonds is 3. The predicted molar refractivity (Wildman–Crippen MR) is 69.9 cm³/mol. The van der Waals surface area contributed by atoms with E-state index in [0.717, 1.165) is 32.4 Å². The van der Waals surface area contributed by atoms with Gasteiger partial charge in [0, 0.05) is 5.69 Å². The topological polar surface area (TPSA) is 41.1 Å². The van der Waals surface area contributed by atoms with Gasteiger partial charge in [0.1, 0.15) is 5.82 Å². The second-order valence-corrected chi connectivity index (χ2v) is 4.84. The Kier molecular flexibility index (Phi) is 3.97. The van der Waals surface area contributed by atoms with Crippen molar-refractivity contribution in [3.05, 3.63) is 30.1 Å². The first kappa shape index (κ1) is 13.0. The molecule has 18 heavy (non-hydrogen) atoms. The lowest BCUT2D eigenvalue weighted by Gasteiger charge is -2.35. The van der Waals surface area contributed by atoms with Crippen LogP contribution in [-0.2, 0) is 4.79 Å². The van der Waals surface area contributed by atoms with E-state index < -0.39 is 0 Å². The number of amides is 1. The molecule has 2 rings (SSSR count).